The molecule has 3 nitrogen and oxygen atoms in total. The minimum Gasteiger partial charge on any atom is -0.298 e. The van der Waals surface area contributed by atoms with Gasteiger partial charge in [0.15, 0.2) is 0 Å². The first-order valence-corrected chi connectivity index (χ1v) is 4.57. The standard InChI is InChI=1S/C8H9NO2S/c1-9-12(11)8-4-2-7(6-10)3-5-8/h2-6,9H,1H3. The predicted molar refractivity (Wildman–Crippen MR) is 47.3 cm³/mol. The van der Waals surface area contributed by atoms with Gasteiger partial charge in [-0.3, -0.25) is 4.79 Å². The van der Waals surface area contributed by atoms with Crippen LogP contribution in [0.4, 0.5) is 0 Å². The maximum absolute atomic E-state index is 11.1. The first kappa shape index (κ1) is 9.09. The number of hydrogen-bond donors (Lipinski definition) is 1. The van der Waals surface area contributed by atoms with Crippen molar-refractivity contribution >= 4 is 17.3 Å². The molecule has 1 unspecified atom stereocenters. The SMILES string of the molecule is CNS(=O)c1ccc(C=O)cc1. The number of benzene rings is 1. The molecule has 0 aliphatic rings. The van der Waals surface area contributed by atoms with Gasteiger partial charge in [0.1, 0.15) is 17.3 Å². The minimum atomic E-state index is -1.17. The molecule has 0 heterocycles. The summed E-state index contributed by atoms with van der Waals surface area (Å²) < 4.78 is 13.7. The van der Waals surface area contributed by atoms with Crippen LogP contribution in [0.15, 0.2) is 29.2 Å². The van der Waals surface area contributed by atoms with E-state index in [1.54, 1.807) is 31.3 Å². The lowest BCUT2D eigenvalue weighted by atomic mass is 10.2. The smallest absolute Gasteiger partial charge is 0.150 e. The van der Waals surface area contributed by atoms with Crippen molar-refractivity contribution in [1.82, 2.24) is 4.72 Å². The molecule has 0 aliphatic heterocycles. The lowest BCUT2D eigenvalue weighted by Crippen LogP contribution is -2.10. The van der Waals surface area contributed by atoms with E-state index in [1.807, 2.05) is 0 Å². The van der Waals surface area contributed by atoms with E-state index >= 15 is 0 Å². The zero-order valence-electron chi connectivity index (χ0n) is 6.61. The van der Waals surface area contributed by atoms with E-state index in [0.29, 0.717) is 10.5 Å². The van der Waals surface area contributed by atoms with E-state index in [-0.39, 0.29) is 0 Å². The van der Waals surface area contributed by atoms with Gasteiger partial charge in [-0.05, 0) is 19.2 Å². The van der Waals surface area contributed by atoms with Gasteiger partial charge in [0.2, 0.25) is 0 Å². The number of aldehydes is 1. The molecule has 0 radical (unpaired) electrons. The van der Waals surface area contributed by atoms with Crippen molar-refractivity contribution in [1.29, 1.82) is 0 Å². The summed E-state index contributed by atoms with van der Waals surface area (Å²) in [6.45, 7) is 0. The molecular formula is C8H9NO2S. The predicted octanol–water partition coefficient (Wildman–Crippen LogP) is 0.741. The highest BCUT2D eigenvalue weighted by molar-refractivity contribution is 7.83. The van der Waals surface area contributed by atoms with E-state index in [4.69, 9.17) is 0 Å². The minimum absolute atomic E-state index is 0.590. The van der Waals surface area contributed by atoms with Crippen molar-refractivity contribution in [2.45, 2.75) is 4.90 Å². The summed E-state index contributed by atoms with van der Waals surface area (Å²) in [5.41, 5.74) is 0.590. The molecule has 4 heteroatoms. The number of rotatable bonds is 3. The van der Waals surface area contributed by atoms with Crippen LogP contribution in [0, 0.1) is 0 Å². The van der Waals surface area contributed by atoms with Crippen LogP contribution in [0.2, 0.25) is 0 Å². The third-order valence-electron chi connectivity index (χ3n) is 1.42. The van der Waals surface area contributed by atoms with E-state index in [2.05, 4.69) is 4.72 Å². The summed E-state index contributed by atoms with van der Waals surface area (Å²) in [4.78, 5) is 10.9. The van der Waals surface area contributed by atoms with E-state index in [0.717, 1.165) is 6.29 Å². The second-order valence-electron chi connectivity index (χ2n) is 2.16. The van der Waals surface area contributed by atoms with Crippen molar-refractivity contribution in [2.24, 2.45) is 0 Å². The van der Waals surface area contributed by atoms with Crippen LogP contribution in [0.25, 0.3) is 0 Å². The Hall–Kier alpha value is -1.00. The quantitative estimate of drug-likeness (QED) is 0.702. The Bertz CT molecular complexity index is 294. The Labute approximate surface area is 73.4 Å². The molecule has 1 N–H and O–H groups in total. The second kappa shape index (κ2) is 4.13. The van der Waals surface area contributed by atoms with Gasteiger partial charge in [0.25, 0.3) is 0 Å². The lowest BCUT2D eigenvalue weighted by Gasteiger charge is -1.98. The van der Waals surface area contributed by atoms with Crippen molar-refractivity contribution in [3.05, 3.63) is 29.8 Å². The second-order valence-corrected chi connectivity index (χ2v) is 3.58. The molecule has 0 aromatic heterocycles. The fourth-order valence-corrected chi connectivity index (χ4v) is 1.41. The maximum Gasteiger partial charge on any atom is 0.150 e. The molecule has 1 atom stereocenters. The number of nitrogens with one attached hydrogen (secondary N) is 1. The topological polar surface area (TPSA) is 46.2 Å². The lowest BCUT2D eigenvalue weighted by molar-refractivity contribution is 0.112. The zero-order chi connectivity index (χ0) is 8.97. The maximum atomic E-state index is 11.1. The summed E-state index contributed by atoms with van der Waals surface area (Å²) in [5.74, 6) is 0. The molecule has 12 heavy (non-hydrogen) atoms. The number of carbonyl (C=O) groups is 1. The molecule has 0 amide bonds. The monoisotopic (exact) mass is 183 g/mol. The third kappa shape index (κ3) is 1.99. The van der Waals surface area contributed by atoms with Crippen LogP contribution >= 0.6 is 0 Å². The van der Waals surface area contributed by atoms with Crippen molar-refractivity contribution < 1.29 is 9.00 Å². The van der Waals surface area contributed by atoms with Crippen LogP contribution in [0.3, 0.4) is 0 Å². The molecule has 0 aliphatic carbocycles. The average Bonchev–Trinajstić information content (AvgIpc) is 2.17. The van der Waals surface area contributed by atoms with Gasteiger partial charge < -0.3 is 0 Å². The Morgan fingerprint density at radius 1 is 1.33 bits per heavy atom. The van der Waals surface area contributed by atoms with Gasteiger partial charge in [-0.25, -0.2) is 8.93 Å². The van der Waals surface area contributed by atoms with E-state index in [1.165, 1.54) is 0 Å². The van der Waals surface area contributed by atoms with Gasteiger partial charge >= 0.3 is 0 Å². The van der Waals surface area contributed by atoms with E-state index < -0.39 is 11.0 Å². The number of carbonyl (C=O) groups excluding carboxylic acids is 1. The Morgan fingerprint density at radius 2 is 1.92 bits per heavy atom. The summed E-state index contributed by atoms with van der Waals surface area (Å²) in [7, 11) is 0.448. The molecule has 1 rings (SSSR count). The van der Waals surface area contributed by atoms with Gasteiger partial charge in [-0.15, -0.1) is 0 Å². The normalized spacial score (nSPS) is 12.4. The summed E-state index contributed by atoms with van der Waals surface area (Å²) in [6.07, 6.45) is 0.756. The van der Waals surface area contributed by atoms with Crippen LogP contribution < -0.4 is 4.72 Å². The largest absolute Gasteiger partial charge is 0.298 e. The highest BCUT2D eigenvalue weighted by Crippen LogP contribution is 2.05. The third-order valence-corrected chi connectivity index (χ3v) is 2.49. The van der Waals surface area contributed by atoms with Crippen LogP contribution in [0.1, 0.15) is 10.4 Å². The molecule has 0 saturated heterocycles. The van der Waals surface area contributed by atoms with Crippen LogP contribution in [-0.2, 0) is 11.0 Å². The fraction of sp³-hybridized carbons (Fsp3) is 0.125. The van der Waals surface area contributed by atoms with Gasteiger partial charge in [-0.2, -0.15) is 0 Å². The molecular weight excluding hydrogens is 174 g/mol. The van der Waals surface area contributed by atoms with Gasteiger partial charge in [0.05, 0.1) is 4.90 Å². The van der Waals surface area contributed by atoms with Crippen molar-refractivity contribution in [3.63, 3.8) is 0 Å². The van der Waals surface area contributed by atoms with E-state index in [9.17, 15) is 9.00 Å². The molecule has 0 bridgehead atoms. The highest BCUT2D eigenvalue weighted by atomic mass is 32.2. The molecule has 0 saturated carbocycles. The summed E-state index contributed by atoms with van der Waals surface area (Å²) in [5, 5.41) is 0. The Morgan fingerprint density at radius 3 is 2.33 bits per heavy atom. The molecule has 1 aromatic carbocycles. The first-order chi connectivity index (χ1) is 5.77. The molecule has 1 aromatic rings. The fourth-order valence-electron chi connectivity index (χ4n) is 0.788. The highest BCUT2D eigenvalue weighted by Gasteiger charge is 1.99. The summed E-state index contributed by atoms with van der Waals surface area (Å²) >= 11 is 0. The van der Waals surface area contributed by atoms with Crippen molar-refractivity contribution in [2.75, 3.05) is 7.05 Å². The Balaban J connectivity index is 2.91. The Kier molecular flexibility index (Phi) is 3.13. The van der Waals surface area contributed by atoms with Crippen LogP contribution in [0.5, 0.6) is 0 Å². The van der Waals surface area contributed by atoms with Crippen LogP contribution in [-0.4, -0.2) is 17.5 Å². The zero-order valence-corrected chi connectivity index (χ0v) is 7.43. The molecule has 0 fully saturated rings. The molecule has 64 valence electrons. The first-order valence-electron chi connectivity index (χ1n) is 3.42. The summed E-state index contributed by atoms with van der Waals surface area (Å²) in [6, 6.07) is 6.60. The number of hydrogen-bond acceptors (Lipinski definition) is 2. The van der Waals surface area contributed by atoms with Crippen molar-refractivity contribution in [3.8, 4) is 0 Å². The van der Waals surface area contributed by atoms with Gasteiger partial charge in [0, 0.05) is 5.56 Å². The average molecular weight is 183 g/mol. The van der Waals surface area contributed by atoms with Gasteiger partial charge in [-0.1, -0.05) is 12.1 Å². The molecule has 0 spiro atoms.